The van der Waals surface area contributed by atoms with Gasteiger partial charge >= 0.3 is 5.97 Å². The summed E-state index contributed by atoms with van der Waals surface area (Å²) in [4.78, 5) is 11.4. The number of ether oxygens (including phenoxy) is 2. The van der Waals surface area contributed by atoms with Crippen molar-refractivity contribution in [3.8, 4) is 0 Å². The molecular weight excluding hydrogens is 192 g/mol. The average molecular weight is 206 g/mol. The van der Waals surface area contributed by atoms with E-state index in [4.69, 9.17) is 9.47 Å². The minimum atomic E-state index is -0.334. The molecule has 0 aromatic heterocycles. The number of esters is 1. The van der Waals surface area contributed by atoms with Crippen LogP contribution in [0.5, 0.6) is 0 Å². The van der Waals surface area contributed by atoms with E-state index in [9.17, 15) is 4.79 Å². The maximum absolute atomic E-state index is 11.4. The SMILES string of the molecule is C=CCOC(=O)c1ccc(COC)cc1. The minimum absolute atomic E-state index is 0.235. The molecule has 0 aliphatic carbocycles. The first-order chi connectivity index (χ1) is 7.27. The van der Waals surface area contributed by atoms with Crippen LogP contribution in [0.1, 0.15) is 15.9 Å². The van der Waals surface area contributed by atoms with Gasteiger partial charge in [-0.25, -0.2) is 4.79 Å². The molecule has 0 spiro atoms. The van der Waals surface area contributed by atoms with Gasteiger partial charge in [0.1, 0.15) is 6.61 Å². The van der Waals surface area contributed by atoms with Crippen molar-refractivity contribution in [1.82, 2.24) is 0 Å². The Hall–Kier alpha value is -1.61. The van der Waals surface area contributed by atoms with Crippen LogP contribution in [-0.4, -0.2) is 19.7 Å². The number of hydrogen-bond donors (Lipinski definition) is 0. The predicted octanol–water partition coefficient (Wildman–Crippen LogP) is 2.18. The van der Waals surface area contributed by atoms with Gasteiger partial charge in [0.25, 0.3) is 0 Å². The second-order valence-electron chi connectivity index (χ2n) is 3.02. The molecule has 0 fully saturated rings. The highest BCUT2D eigenvalue weighted by atomic mass is 16.5. The molecule has 3 nitrogen and oxygen atoms in total. The van der Waals surface area contributed by atoms with E-state index >= 15 is 0 Å². The third-order valence-electron chi connectivity index (χ3n) is 1.83. The van der Waals surface area contributed by atoms with Gasteiger partial charge in [-0.15, -0.1) is 0 Å². The topological polar surface area (TPSA) is 35.5 Å². The van der Waals surface area contributed by atoms with E-state index in [1.807, 2.05) is 12.1 Å². The lowest BCUT2D eigenvalue weighted by atomic mass is 10.1. The molecule has 0 aliphatic rings. The zero-order valence-corrected chi connectivity index (χ0v) is 8.73. The summed E-state index contributed by atoms with van der Waals surface area (Å²) in [7, 11) is 1.63. The lowest BCUT2D eigenvalue weighted by Crippen LogP contribution is -2.04. The molecule has 0 saturated carbocycles. The van der Waals surface area contributed by atoms with Crippen LogP contribution in [0.4, 0.5) is 0 Å². The molecule has 1 aromatic carbocycles. The molecule has 0 aliphatic heterocycles. The average Bonchev–Trinajstić information content (AvgIpc) is 2.27. The minimum Gasteiger partial charge on any atom is -0.458 e. The van der Waals surface area contributed by atoms with Crippen LogP contribution >= 0.6 is 0 Å². The third kappa shape index (κ3) is 3.56. The maximum Gasteiger partial charge on any atom is 0.338 e. The van der Waals surface area contributed by atoms with E-state index < -0.39 is 0 Å². The highest BCUT2D eigenvalue weighted by molar-refractivity contribution is 5.89. The van der Waals surface area contributed by atoms with Crippen LogP contribution in [0, 0.1) is 0 Å². The summed E-state index contributed by atoms with van der Waals surface area (Å²) in [6, 6.07) is 7.13. The van der Waals surface area contributed by atoms with Gasteiger partial charge in [-0.05, 0) is 17.7 Å². The molecule has 15 heavy (non-hydrogen) atoms. The van der Waals surface area contributed by atoms with Crippen LogP contribution in [0.3, 0.4) is 0 Å². The van der Waals surface area contributed by atoms with Crippen molar-refractivity contribution in [3.05, 3.63) is 48.0 Å². The Labute approximate surface area is 89.3 Å². The molecule has 0 radical (unpaired) electrons. The third-order valence-corrected chi connectivity index (χ3v) is 1.83. The fraction of sp³-hybridized carbons (Fsp3) is 0.250. The van der Waals surface area contributed by atoms with E-state index in [1.165, 1.54) is 6.08 Å². The molecule has 0 unspecified atom stereocenters. The molecule has 1 aromatic rings. The highest BCUT2D eigenvalue weighted by Gasteiger charge is 2.05. The summed E-state index contributed by atoms with van der Waals surface area (Å²) in [5.74, 6) is -0.334. The van der Waals surface area contributed by atoms with Crippen molar-refractivity contribution >= 4 is 5.97 Å². The van der Waals surface area contributed by atoms with Crippen LogP contribution < -0.4 is 0 Å². The van der Waals surface area contributed by atoms with Gasteiger partial charge in [-0.3, -0.25) is 0 Å². The molecule has 1 rings (SSSR count). The van der Waals surface area contributed by atoms with Crippen LogP contribution in [0.15, 0.2) is 36.9 Å². The van der Waals surface area contributed by atoms with E-state index in [0.29, 0.717) is 12.2 Å². The largest absolute Gasteiger partial charge is 0.458 e. The molecular formula is C12H14O3. The number of methoxy groups -OCH3 is 1. The van der Waals surface area contributed by atoms with E-state index in [-0.39, 0.29) is 12.6 Å². The quantitative estimate of drug-likeness (QED) is 0.547. The molecule has 80 valence electrons. The number of carbonyl (C=O) groups is 1. The van der Waals surface area contributed by atoms with Crippen molar-refractivity contribution in [2.45, 2.75) is 6.61 Å². The predicted molar refractivity (Wildman–Crippen MR) is 57.6 cm³/mol. The van der Waals surface area contributed by atoms with Gasteiger partial charge in [0, 0.05) is 7.11 Å². The first-order valence-corrected chi connectivity index (χ1v) is 4.64. The van der Waals surface area contributed by atoms with Gasteiger partial charge in [0.2, 0.25) is 0 Å². The fourth-order valence-electron chi connectivity index (χ4n) is 1.12. The van der Waals surface area contributed by atoms with E-state index in [0.717, 1.165) is 5.56 Å². The summed E-state index contributed by atoms with van der Waals surface area (Å²) in [6.07, 6.45) is 1.54. The van der Waals surface area contributed by atoms with Gasteiger partial charge in [-0.1, -0.05) is 24.8 Å². The van der Waals surface area contributed by atoms with Gasteiger partial charge in [0.05, 0.1) is 12.2 Å². The van der Waals surface area contributed by atoms with Crippen molar-refractivity contribution in [2.75, 3.05) is 13.7 Å². The summed E-state index contributed by atoms with van der Waals surface area (Å²) < 4.78 is 9.85. The van der Waals surface area contributed by atoms with E-state index in [2.05, 4.69) is 6.58 Å². The van der Waals surface area contributed by atoms with Gasteiger partial charge < -0.3 is 9.47 Å². The maximum atomic E-state index is 11.4. The number of carbonyl (C=O) groups excluding carboxylic acids is 1. The molecule has 0 N–H and O–H groups in total. The smallest absolute Gasteiger partial charge is 0.338 e. The number of benzene rings is 1. The molecule has 0 heterocycles. The zero-order chi connectivity index (χ0) is 11.1. The Morgan fingerprint density at radius 3 is 2.60 bits per heavy atom. The fourth-order valence-corrected chi connectivity index (χ4v) is 1.12. The standard InChI is InChI=1S/C12H14O3/c1-3-8-15-12(13)11-6-4-10(5-7-11)9-14-2/h3-7H,1,8-9H2,2H3. The summed E-state index contributed by atoms with van der Waals surface area (Å²) in [5, 5.41) is 0. The van der Waals surface area contributed by atoms with Crippen molar-refractivity contribution < 1.29 is 14.3 Å². The summed E-state index contributed by atoms with van der Waals surface area (Å²) in [5.41, 5.74) is 1.56. The molecule has 0 atom stereocenters. The van der Waals surface area contributed by atoms with Gasteiger partial charge in [0.15, 0.2) is 0 Å². The molecule has 0 amide bonds. The zero-order valence-electron chi connectivity index (χ0n) is 8.73. The first-order valence-electron chi connectivity index (χ1n) is 4.64. The van der Waals surface area contributed by atoms with Crippen molar-refractivity contribution in [1.29, 1.82) is 0 Å². The summed E-state index contributed by atoms with van der Waals surface area (Å²) in [6.45, 7) is 4.25. The second kappa shape index (κ2) is 5.98. The molecule has 0 bridgehead atoms. The van der Waals surface area contributed by atoms with Crippen LogP contribution in [0.25, 0.3) is 0 Å². The second-order valence-corrected chi connectivity index (χ2v) is 3.02. The Balaban J connectivity index is 2.62. The Morgan fingerprint density at radius 2 is 2.07 bits per heavy atom. The van der Waals surface area contributed by atoms with Crippen molar-refractivity contribution in [3.63, 3.8) is 0 Å². The number of rotatable bonds is 5. The lowest BCUT2D eigenvalue weighted by molar-refractivity contribution is 0.0549. The highest BCUT2D eigenvalue weighted by Crippen LogP contribution is 2.06. The monoisotopic (exact) mass is 206 g/mol. The van der Waals surface area contributed by atoms with E-state index in [1.54, 1.807) is 19.2 Å². The normalized spacial score (nSPS) is 9.67. The Morgan fingerprint density at radius 1 is 1.40 bits per heavy atom. The number of hydrogen-bond acceptors (Lipinski definition) is 3. The van der Waals surface area contributed by atoms with Crippen molar-refractivity contribution in [2.24, 2.45) is 0 Å². The van der Waals surface area contributed by atoms with Crippen LogP contribution in [0.2, 0.25) is 0 Å². The summed E-state index contributed by atoms with van der Waals surface area (Å²) >= 11 is 0. The molecule has 3 heteroatoms. The van der Waals surface area contributed by atoms with Gasteiger partial charge in [-0.2, -0.15) is 0 Å². The Bertz CT molecular complexity index is 327. The Kier molecular flexibility index (Phi) is 4.57. The lowest BCUT2D eigenvalue weighted by Gasteiger charge is -2.03. The van der Waals surface area contributed by atoms with Crippen LogP contribution in [-0.2, 0) is 16.1 Å². The first kappa shape index (κ1) is 11.5. The molecule has 0 saturated heterocycles.